The Labute approximate surface area is 152 Å². The molecule has 4 rings (SSSR count). The zero-order valence-electron chi connectivity index (χ0n) is 14.3. The number of rotatable bonds is 2. The molecule has 1 aromatic carbocycles. The van der Waals surface area contributed by atoms with E-state index in [4.69, 9.17) is 0 Å². The van der Waals surface area contributed by atoms with E-state index in [0.29, 0.717) is 18.8 Å². The van der Waals surface area contributed by atoms with Crippen molar-refractivity contribution in [3.05, 3.63) is 34.7 Å². The van der Waals surface area contributed by atoms with E-state index in [0.717, 1.165) is 40.0 Å². The molecule has 1 aromatic heterocycles. The molecule has 7 heteroatoms. The van der Waals surface area contributed by atoms with E-state index in [-0.39, 0.29) is 17.7 Å². The number of piperazine rings is 1. The first-order chi connectivity index (χ1) is 11.9. The van der Waals surface area contributed by atoms with Crippen molar-refractivity contribution in [2.75, 3.05) is 37.7 Å². The maximum absolute atomic E-state index is 12.9. The van der Waals surface area contributed by atoms with Crippen LogP contribution in [-0.2, 0) is 9.84 Å². The van der Waals surface area contributed by atoms with Crippen LogP contribution in [-0.4, -0.2) is 67.9 Å². The lowest BCUT2D eigenvalue weighted by Gasteiger charge is -2.37. The van der Waals surface area contributed by atoms with Crippen LogP contribution in [0, 0.1) is 6.92 Å². The largest absolute Gasteiger partial charge is 0.335 e. The summed E-state index contributed by atoms with van der Waals surface area (Å²) in [5.74, 6) is 0.686. The van der Waals surface area contributed by atoms with E-state index in [9.17, 15) is 13.2 Å². The molecule has 3 heterocycles. The first kappa shape index (κ1) is 17.0. The normalized spacial score (nSPS) is 24.0. The molecule has 0 aliphatic carbocycles. The molecule has 1 atom stereocenters. The van der Waals surface area contributed by atoms with Gasteiger partial charge in [0.2, 0.25) is 0 Å². The topological polar surface area (TPSA) is 57.7 Å². The van der Waals surface area contributed by atoms with Gasteiger partial charge in [0, 0.05) is 36.9 Å². The van der Waals surface area contributed by atoms with E-state index in [1.165, 1.54) is 0 Å². The fourth-order valence-electron chi connectivity index (χ4n) is 3.88. The van der Waals surface area contributed by atoms with Gasteiger partial charge >= 0.3 is 0 Å². The van der Waals surface area contributed by atoms with Crippen LogP contribution in [0.1, 0.15) is 21.7 Å². The number of nitrogens with zero attached hydrogens (tertiary/aromatic N) is 2. The molecule has 0 saturated carbocycles. The van der Waals surface area contributed by atoms with Gasteiger partial charge in [-0.3, -0.25) is 9.69 Å². The highest BCUT2D eigenvalue weighted by atomic mass is 32.2. The fourth-order valence-corrected chi connectivity index (χ4v) is 6.81. The van der Waals surface area contributed by atoms with Crippen LogP contribution in [0.4, 0.5) is 0 Å². The number of carbonyl (C=O) groups is 1. The van der Waals surface area contributed by atoms with E-state index >= 15 is 0 Å². The van der Waals surface area contributed by atoms with Gasteiger partial charge in [-0.15, -0.1) is 11.3 Å². The number of fused-ring (bicyclic) bond motifs is 1. The number of thiophene rings is 1. The third-order valence-electron chi connectivity index (χ3n) is 5.36. The summed E-state index contributed by atoms with van der Waals surface area (Å²) >= 11 is 1.57. The molecule has 5 nitrogen and oxygen atoms in total. The quantitative estimate of drug-likeness (QED) is 0.804. The van der Waals surface area contributed by atoms with Crippen LogP contribution in [0.5, 0.6) is 0 Å². The highest BCUT2D eigenvalue weighted by Crippen LogP contribution is 2.31. The van der Waals surface area contributed by atoms with Crippen molar-refractivity contribution in [1.29, 1.82) is 0 Å². The molecule has 0 spiro atoms. The Bertz CT molecular complexity index is 912. The van der Waals surface area contributed by atoms with Crippen molar-refractivity contribution in [2.24, 2.45) is 0 Å². The lowest BCUT2D eigenvalue weighted by atomic mass is 10.1. The molecule has 2 aromatic rings. The molecule has 25 heavy (non-hydrogen) atoms. The number of amides is 1. The van der Waals surface area contributed by atoms with Gasteiger partial charge in [0.05, 0.1) is 16.4 Å². The fraction of sp³-hybridized carbons (Fsp3) is 0.500. The van der Waals surface area contributed by atoms with Crippen molar-refractivity contribution >= 4 is 37.2 Å². The Balaban J connectivity index is 1.45. The van der Waals surface area contributed by atoms with Gasteiger partial charge < -0.3 is 4.90 Å². The van der Waals surface area contributed by atoms with Gasteiger partial charge in [-0.1, -0.05) is 18.2 Å². The van der Waals surface area contributed by atoms with Gasteiger partial charge in [-0.05, 0) is 30.4 Å². The minimum absolute atomic E-state index is 0.109. The van der Waals surface area contributed by atoms with Crippen molar-refractivity contribution in [2.45, 2.75) is 19.4 Å². The van der Waals surface area contributed by atoms with Crippen molar-refractivity contribution in [3.63, 3.8) is 0 Å². The van der Waals surface area contributed by atoms with Crippen LogP contribution >= 0.6 is 11.3 Å². The molecule has 2 aliphatic heterocycles. The van der Waals surface area contributed by atoms with E-state index in [1.54, 1.807) is 11.3 Å². The van der Waals surface area contributed by atoms with Crippen LogP contribution in [0.15, 0.2) is 24.3 Å². The van der Waals surface area contributed by atoms with Gasteiger partial charge in [0.25, 0.3) is 5.91 Å². The predicted octanol–water partition coefficient (Wildman–Crippen LogP) is 2.15. The maximum atomic E-state index is 12.9. The Morgan fingerprint density at radius 1 is 1.16 bits per heavy atom. The predicted molar refractivity (Wildman–Crippen MR) is 101 cm³/mol. The van der Waals surface area contributed by atoms with Gasteiger partial charge in [0.15, 0.2) is 9.84 Å². The molecular formula is C18H22N2O3S2. The second-order valence-corrected chi connectivity index (χ2v) is 10.2. The summed E-state index contributed by atoms with van der Waals surface area (Å²) in [5.41, 5.74) is 1.06. The van der Waals surface area contributed by atoms with Crippen LogP contribution in [0.3, 0.4) is 0 Å². The second kappa shape index (κ2) is 6.37. The monoisotopic (exact) mass is 378 g/mol. The average Bonchev–Trinajstić information content (AvgIpc) is 3.15. The average molecular weight is 379 g/mol. The molecule has 0 radical (unpaired) electrons. The highest BCUT2D eigenvalue weighted by Gasteiger charge is 2.34. The first-order valence-corrected chi connectivity index (χ1v) is 11.3. The summed E-state index contributed by atoms with van der Waals surface area (Å²) < 4.78 is 24.5. The lowest BCUT2D eigenvalue weighted by Crippen LogP contribution is -2.52. The third-order valence-corrected chi connectivity index (χ3v) is 8.38. The van der Waals surface area contributed by atoms with Gasteiger partial charge in [0.1, 0.15) is 0 Å². The summed E-state index contributed by atoms with van der Waals surface area (Å²) in [6.45, 7) is 4.88. The van der Waals surface area contributed by atoms with Crippen molar-refractivity contribution in [3.8, 4) is 0 Å². The maximum Gasteiger partial charge on any atom is 0.264 e. The molecule has 0 bridgehead atoms. The summed E-state index contributed by atoms with van der Waals surface area (Å²) in [6, 6.07) is 8.26. The van der Waals surface area contributed by atoms with Gasteiger partial charge in [-0.2, -0.15) is 0 Å². The molecule has 2 aliphatic rings. The minimum Gasteiger partial charge on any atom is -0.335 e. The van der Waals surface area contributed by atoms with E-state index in [2.05, 4.69) is 17.0 Å². The van der Waals surface area contributed by atoms with Crippen LogP contribution < -0.4 is 0 Å². The number of benzene rings is 1. The molecular weight excluding hydrogens is 356 g/mol. The SMILES string of the molecule is Cc1c(C(=O)N2CCN(C3CCS(=O)(=O)C3)CC2)sc2ccccc12. The number of aryl methyl sites for hydroxylation is 1. The minimum atomic E-state index is -2.86. The third kappa shape index (κ3) is 3.20. The number of hydrogen-bond acceptors (Lipinski definition) is 5. The molecule has 0 N–H and O–H groups in total. The Kier molecular flexibility index (Phi) is 4.33. The molecule has 2 saturated heterocycles. The zero-order valence-corrected chi connectivity index (χ0v) is 15.9. The second-order valence-electron chi connectivity index (χ2n) is 6.94. The van der Waals surface area contributed by atoms with E-state index in [1.807, 2.05) is 24.0 Å². The first-order valence-electron chi connectivity index (χ1n) is 8.66. The number of sulfone groups is 1. The Morgan fingerprint density at radius 3 is 2.52 bits per heavy atom. The Morgan fingerprint density at radius 2 is 1.88 bits per heavy atom. The zero-order chi connectivity index (χ0) is 17.6. The van der Waals surface area contributed by atoms with Gasteiger partial charge in [-0.25, -0.2) is 8.42 Å². The van der Waals surface area contributed by atoms with Crippen LogP contribution in [0.25, 0.3) is 10.1 Å². The smallest absolute Gasteiger partial charge is 0.264 e. The number of hydrogen-bond donors (Lipinski definition) is 0. The Hall–Kier alpha value is -1.44. The molecule has 134 valence electrons. The molecule has 2 fully saturated rings. The standard InChI is InChI=1S/C18H22N2O3S2/c1-13-15-4-2-3-5-16(15)24-17(13)18(21)20-9-7-19(8-10-20)14-6-11-25(22,23)12-14/h2-5,14H,6-12H2,1H3. The summed E-state index contributed by atoms with van der Waals surface area (Å²) in [5, 5.41) is 1.16. The molecule has 1 amide bonds. The van der Waals surface area contributed by atoms with Crippen molar-refractivity contribution in [1.82, 2.24) is 9.80 Å². The molecule has 1 unspecified atom stereocenters. The summed E-state index contributed by atoms with van der Waals surface area (Å²) in [4.78, 5) is 17.9. The van der Waals surface area contributed by atoms with Crippen molar-refractivity contribution < 1.29 is 13.2 Å². The van der Waals surface area contributed by atoms with Crippen LogP contribution in [0.2, 0.25) is 0 Å². The number of carbonyl (C=O) groups excluding carboxylic acids is 1. The van der Waals surface area contributed by atoms with E-state index < -0.39 is 9.84 Å². The highest BCUT2D eigenvalue weighted by molar-refractivity contribution is 7.91. The summed E-state index contributed by atoms with van der Waals surface area (Å²) in [7, 11) is -2.86. The summed E-state index contributed by atoms with van der Waals surface area (Å²) in [6.07, 6.45) is 0.728. The lowest BCUT2D eigenvalue weighted by molar-refractivity contribution is 0.0592.